The quantitative estimate of drug-likeness (QED) is 0.735. The number of aryl methyl sites for hydroxylation is 1. The maximum absolute atomic E-state index is 12.5. The van der Waals surface area contributed by atoms with Crippen molar-refractivity contribution in [2.24, 2.45) is 5.41 Å². The third kappa shape index (κ3) is 3.63. The number of fused-ring (bicyclic) bond motifs is 1. The molecule has 0 fully saturated rings. The van der Waals surface area contributed by atoms with Gasteiger partial charge in [0.2, 0.25) is 5.91 Å². The smallest absolute Gasteiger partial charge is 0.229 e. The maximum Gasteiger partial charge on any atom is 0.229 e. The van der Waals surface area contributed by atoms with Gasteiger partial charge in [0.1, 0.15) is 11.3 Å². The van der Waals surface area contributed by atoms with Gasteiger partial charge in [0.25, 0.3) is 0 Å². The molecule has 1 aromatic heterocycles. The van der Waals surface area contributed by atoms with E-state index in [9.17, 15) is 9.59 Å². The number of nitrogens with one attached hydrogen (secondary N) is 1. The van der Waals surface area contributed by atoms with Gasteiger partial charge >= 0.3 is 0 Å². The summed E-state index contributed by atoms with van der Waals surface area (Å²) in [6.07, 6.45) is 0. The Morgan fingerprint density at radius 2 is 1.68 bits per heavy atom. The lowest BCUT2D eigenvalue weighted by atomic mass is 9.95. The summed E-state index contributed by atoms with van der Waals surface area (Å²) in [6, 6.07) is 14.4. The molecule has 0 radical (unpaired) electrons. The van der Waals surface area contributed by atoms with E-state index in [2.05, 4.69) is 5.32 Å². The van der Waals surface area contributed by atoms with E-state index in [4.69, 9.17) is 4.42 Å². The average molecular weight is 335 g/mol. The summed E-state index contributed by atoms with van der Waals surface area (Å²) in [5.41, 5.74) is 2.44. The van der Waals surface area contributed by atoms with E-state index in [-0.39, 0.29) is 11.3 Å². The summed E-state index contributed by atoms with van der Waals surface area (Å²) < 4.78 is 5.88. The third-order valence-corrected chi connectivity index (χ3v) is 4.00. The standard InChI is InChI=1S/C21H21NO3/c1-13-5-7-14(8-6-13)19-12-17(23)16-11-15(9-10-18(16)25-19)22-20(24)21(2,3)4/h5-12H,1-4H3,(H,22,24). The molecular weight excluding hydrogens is 314 g/mol. The summed E-state index contributed by atoms with van der Waals surface area (Å²) in [4.78, 5) is 24.6. The van der Waals surface area contributed by atoms with E-state index >= 15 is 0 Å². The van der Waals surface area contributed by atoms with Crippen molar-refractivity contribution in [2.75, 3.05) is 5.32 Å². The molecule has 0 atom stereocenters. The van der Waals surface area contributed by atoms with Crippen LogP contribution >= 0.6 is 0 Å². The Labute approximate surface area is 146 Å². The topological polar surface area (TPSA) is 59.3 Å². The molecule has 4 heteroatoms. The largest absolute Gasteiger partial charge is 0.456 e. The second-order valence-corrected chi connectivity index (χ2v) is 7.26. The van der Waals surface area contributed by atoms with Gasteiger partial charge in [0.05, 0.1) is 5.39 Å². The van der Waals surface area contributed by atoms with E-state index in [1.165, 1.54) is 6.07 Å². The molecule has 0 aliphatic heterocycles. The van der Waals surface area contributed by atoms with Crippen molar-refractivity contribution in [3.05, 3.63) is 64.3 Å². The number of carbonyl (C=O) groups excluding carboxylic acids is 1. The Hall–Kier alpha value is -2.88. The highest BCUT2D eigenvalue weighted by Crippen LogP contribution is 2.25. The lowest BCUT2D eigenvalue weighted by Crippen LogP contribution is -2.27. The highest BCUT2D eigenvalue weighted by molar-refractivity contribution is 5.96. The third-order valence-electron chi connectivity index (χ3n) is 4.00. The minimum Gasteiger partial charge on any atom is -0.456 e. The van der Waals surface area contributed by atoms with Gasteiger partial charge in [0, 0.05) is 22.7 Å². The number of benzene rings is 2. The molecule has 1 N–H and O–H groups in total. The Morgan fingerprint density at radius 3 is 2.32 bits per heavy atom. The zero-order valence-corrected chi connectivity index (χ0v) is 14.8. The predicted molar refractivity (Wildman–Crippen MR) is 101 cm³/mol. The fourth-order valence-corrected chi connectivity index (χ4v) is 2.41. The van der Waals surface area contributed by atoms with Gasteiger partial charge < -0.3 is 9.73 Å². The summed E-state index contributed by atoms with van der Waals surface area (Å²) >= 11 is 0. The predicted octanol–water partition coefficient (Wildman–Crippen LogP) is 4.75. The Bertz CT molecular complexity index is 992. The fourth-order valence-electron chi connectivity index (χ4n) is 2.41. The molecule has 0 aliphatic rings. The normalized spacial score (nSPS) is 11.5. The molecule has 1 amide bonds. The van der Waals surface area contributed by atoms with Crippen molar-refractivity contribution in [1.82, 2.24) is 0 Å². The van der Waals surface area contributed by atoms with Crippen LogP contribution in [0, 0.1) is 12.3 Å². The summed E-state index contributed by atoms with van der Waals surface area (Å²) in [7, 11) is 0. The number of anilines is 1. The molecule has 4 nitrogen and oxygen atoms in total. The van der Waals surface area contributed by atoms with Gasteiger partial charge in [0.15, 0.2) is 5.43 Å². The first-order valence-corrected chi connectivity index (χ1v) is 8.20. The van der Waals surface area contributed by atoms with E-state index in [0.29, 0.717) is 22.4 Å². The van der Waals surface area contributed by atoms with Crippen molar-refractivity contribution >= 4 is 22.6 Å². The number of hydrogen-bond donors (Lipinski definition) is 1. The zero-order valence-electron chi connectivity index (χ0n) is 14.8. The summed E-state index contributed by atoms with van der Waals surface area (Å²) in [6.45, 7) is 7.52. The van der Waals surface area contributed by atoms with Crippen LogP contribution in [0.4, 0.5) is 5.69 Å². The van der Waals surface area contributed by atoms with Gasteiger partial charge in [-0.2, -0.15) is 0 Å². The second-order valence-electron chi connectivity index (χ2n) is 7.26. The van der Waals surface area contributed by atoms with Crippen LogP contribution in [-0.4, -0.2) is 5.91 Å². The molecule has 0 saturated heterocycles. The molecule has 1 heterocycles. The molecule has 0 saturated carbocycles. The van der Waals surface area contributed by atoms with Crippen molar-refractivity contribution < 1.29 is 9.21 Å². The van der Waals surface area contributed by atoms with Gasteiger partial charge in [-0.3, -0.25) is 9.59 Å². The minimum absolute atomic E-state index is 0.104. The first kappa shape index (κ1) is 17.0. The highest BCUT2D eigenvalue weighted by atomic mass is 16.3. The van der Waals surface area contributed by atoms with E-state index in [1.807, 2.05) is 52.0 Å². The van der Waals surface area contributed by atoms with Crippen molar-refractivity contribution in [1.29, 1.82) is 0 Å². The first-order chi connectivity index (χ1) is 11.7. The second kappa shape index (κ2) is 6.20. The van der Waals surface area contributed by atoms with E-state index in [1.54, 1.807) is 18.2 Å². The Balaban J connectivity index is 2.01. The fraction of sp³-hybridized carbons (Fsp3) is 0.238. The minimum atomic E-state index is -0.505. The number of carbonyl (C=O) groups is 1. The van der Waals surface area contributed by atoms with Crippen LogP contribution in [0.25, 0.3) is 22.3 Å². The van der Waals surface area contributed by atoms with E-state index < -0.39 is 5.41 Å². The Morgan fingerprint density at radius 1 is 1.00 bits per heavy atom. The molecule has 25 heavy (non-hydrogen) atoms. The number of rotatable bonds is 2. The van der Waals surface area contributed by atoms with Crippen molar-refractivity contribution in [3.63, 3.8) is 0 Å². The van der Waals surface area contributed by atoms with Crippen LogP contribution in [0.15, 0.2) is 57.7 Å². The van der Waals surface area contributed by atoms with Gasteiger partial charge in [-0.25, -0.2) is 0 Å². The molecule has 3 aromatic rings. The van der Waals surface area contributed by atoms with Crippen LogP contribution < -0.4 is 10.7 Å². The molecule has 128 valence electrons. The van der Waals surface area contributed by atoms with Crippen molar-refractivity contribution in [2.45, 2.75) is 27.7 Å². The number of hydrogen-bond acceptors (Lipinski definition) is 3. The average Bonchev–Trinajstić information content (AvgIpc) is 2.55. The van der Waals surface area contributed by atoms with Crippen LogP contribution in [-0.2, 0) is 4.79 Å². The van der Waals surface area contributed by atoms with E-state index in [0.717, 1.165) is 11.1 Å². The molecule has 2 aromatic carbocycles. The first-order valence-electron chi connectivity index (χ1n) is 8.20. The lowest BCUT2D eigenvalue weighted by Gasteiger charge is -2.17. The molecular formula is C21H21NO3. The Kier molecular flexibility index (Phi) is 4.21. The zero-order chi connectivity index (χ0) is 18.2. The van der Waals surface area contributed by atoms with Gasteiger partial charge in [-0.1, -0.05) is 50.6 Å². The molecule has 3 rings (SSSR count). The maximum atomic E-state index is 12.5. The summed E-state index contributed by atoms with van der Waals surface area (Å²) in [5.74, 6) is 0.427. The highest BCUT2D eigenvalue weighted by Gasteiger charge is 2.21. The van der Waals surface area contributed by atoms with Crippen LogP contribution in [0.5, 0.6) is 0 Å². The summed E-state index contributed by atoms with van der Waals surface area (Å²) in [5, 5.41) is 3.28. The van der Waals surface area contributed by atoms with Crippen LogP contribution in [0.3, 0.4) is 0 Å². The van der Waals surface area contributed by atoms with Gasteiger partial charge in [-0.05, 0) is 25.1 Å². The molecule has 0 bridgehead atoms. The van der Waals surface area contributed by atoms with Crippen molar-refractivity contribution in [3.8, 4) is 11.3 Å². The molecule has 0 unspecified atom stereocenters. The lowest BCUT2D eigenvalue weighted by molar-refractivity contribution is -0.123. The van der Waals surface area contributed by atoms with Crippen LogP contribution in [0.1, 0.15) is 26.3 Å². The molecule has 0 aliphatic carbocycles. The monoisotopic (exact) mass is 335 g/mol. The number of amides is 1. The molecule has 0 spiro atoms. The SMILES string of the molecule is Cc1ccc(-c2cc(=O)c3cc(NC(=O)C(C)(C)C)ccc3o2)cc1. The van der Waals surface area contributed by atoms with Gasteiger partial charge in [-0.15, -0.1) is 0 Å². The van der Waals surface area contributed by atoms with Crippen LogP contribution in [0.2, 0.25) is 0 Å².